The molecule has 0 fully saturated rings. The first-order valence-electron chi connectivity index (χ1n) is 39.8. The third kappa shape index (κ3) is 17.4. The zero-order valence-corrected chi connectivity index (χ0v) is 69.0. The van der Waals surface area contributed by atoms with Crippen molar-refractivity contribution in [2.45, 2.75) is 32.4 Å². The second kappa shape index (κ2) is 36.1. The lowest BCUT2D eigenvalue weighted by molar-refractivity contribution is -0.121. The SMILES string of the molecule is CC1(C)c2ccccc2-c2ccc(/C=C/c3ccnc(-c4cc(OC=O)cc(-c5cc(OC=O)ccn5)n4)c3)cc21.C[Si]1(C)c2ccccc2-c2ccc(/C=C/c3ccnc(-c4cc(OC=O)cc(-c5cc(OC=O)ccn5)n4)c3)cc21.O=COc1ccnc(-c2cc(OC=O)cc(-c3cc(C#Cc4ccc5c6ccccc6c6ccccc6c5c4)ccn3)n2)c1. The summed E-state index contributed by atoms with van der Waals surface area (Å²) in [6.07, 6.45) is 17.9. The first-order chi connectivity index (χ1) is 61.6. The third-order valence-corrected chi connectivity index (χ3v) is 25.4. The molecule has 608 valence electrons. The maximum atomic E-state index is 11.2. The Bertz CT molecular complexity index is 7020. The van der Waals surface area contributed by atoms with Crippen LogP contribution in [0, 0.1) is 11.8 Å². The molecule has 9 aromatic heterocycles. The molecule has 0 unspecified atom stereocenters. The molecule has 0 spiro atoms. The summed E-state index contributed by atoms with van der Waals surface area (Å²) in [7, 11) is -1.75. The molecule has 0 saturated heterocycles. The molecule has 17 aromatic rings. The minimum Gasteiger partial charge on any atom is -0.429 e. The van der Waals surface area contributed by atoms with Gasteiger partial charge in [-0.25, -0.2) is 15.0 Å². The quantitative estimate of drug-likeness (QED) is 0.0264. The van der Waals surface area contributed by atoms with E-state index >= 15 is 0 Å². The van der Waals surface area contributed by atoms with Crippen LogP contribution >= 0.6 is 0 Å². The molecule has 2 aliphatic rings. The van der Waals surface area contributed by atoms with Crippen LogP contribution in [0.4, 0.5) is 0 Å². The van der Waals surface area contributed by atoms with Crippen LogP contribution in [0.25, 0.3) is 147 Å². The van der Waals surface area contributed by atoms with Gasteiger partial charge in [-0.3, -0.25) is 58.7 Å². The van der Waals surface area contributed by atoms with Crippen molar-refractivity contribution in [2.24, 2.45) is 0 Å². The van der Waals surface area contributed by atoms with Gasteiger partial charge in [-0.2, -0.15) is 0 Å². The van der Waals surface area contributed by atoms with Crippen LogP contribution < -0.4 is 38.8 Å². The lowest BCUT2D eigenvalue weighted by Crippen LogP contribution is -2.49. The fraction of sp³-hybridized carbons (Fsp3) is 0.0481. The van der Waals surface area contributed by atoms with Crippen molar-refractivity contribution in [1.29, 1.82) is 0 Å². The third-order valence-electron chi connectivity index (χ3n) is 21.8. The molecule has 0 bridgehead atoms. The van der Waals surface area contributed by atoms with Crippen molar-refractivity contribution in [1.82, 2.24) is 44.9 Å². The molecular weight excluding hydrogens is 1600 g/mol. The van der Waals surface area contributed by atoms with Crippen LogP contribution in [0.3, 0.4) is 0 Å². The summed E-state index contributed by atoms with van der Waals surface area (Å²) in [4.78, 5) is 106. The Morgan fingerprint density at radius 1 is 0.262 bits per heavy atom. The van der Waals surface area contributed by atoms with Crippen molar-refractivity contribution in [3.63, 3.8) is 0 Å². The van der Waals surface area contributed by atoms with Crippen molar-refractivity contribution < 1.29 is 57.2 Å². The standard InChI is InChI=1S/C37H21N3O4.C34H25N3O4.C33H25N3O4Si/c41-22-43-26-14-16-39-35(19-26)37-21-27(44-23-42)20-36(40-37)34-18-25(13-15-38-34)10-9-24-11-12-32-30-7-2-1-5-28(30)29-6-3-4-8-31(29)33(32)17-24;1-34(2)28-6-4-3-5-26(28)27-10-9-22(15-29(27)34)7-8-23-11-13-35-30(16-23)32-18-25(41-21-39)19-33(37-32)31-17-24(40-20-38)12-14-36-31;1-41(2)32-6-4-3-5-26(32)27-10-9-22(16-33(27)41)7-8-23-11-13-34-28(15-23)30-18-25(40-21-38)19-31(36-30)29-17-24(39-20-37)12-14-35-29/h1-8,11-23H;2*3-21H,1-2H3/b;2*8-7+. The number of fused-ring (bicyclic) bond motifs is 12. The van der Waals surface area contributed by atoms with E-state index < -0.39 is 8.07 Å². The number of ether oxygens (including phenoxy) is 6. The molecule has 19 rings (SSSR count). The van der Waals surface area contributed by atoms with E-state index in [0.717, 1.165) is 38.8 Å². The first-order valence-corrected chi connectivity index (χ1v) is 42.8. The number of benzene rings is 8. The van der Waals surface area contributed by atoms with Gasteiger partial charge < -0.3 is 28.4 Å². The Labute approximate surface area is 723 Å². The molecule has 0 atom stereocenters. The van der Waals surface area contributed by atoms with Gasteiger partial charge in [-0.15, -0.1) is 0 Å². The van der Waals surface area contributed by atoms with Gasteiger partial charge in [0.05, 0.1) is 68.3 Å². The zero-order valence-electron chi connectivity index (χ0n) is 68.0. The molecular formula is C104H71N9O12Si. The molecule has 0 N–H and O–H groups in total. The van der Waals surface area contributed by atoms with E-state index in [9.17, 15) is 28.8 Å². The topological polar surface area (TPSA) is 274 Å². The predicted molar refractivity (Wildman–Crippen MR) is 488 cm³/mol. The molecule has 10 heterocycles. The number of carbonyl (C=O) groups is 6. The summed E-state index contributed by atoms with van der Waals surface area (Å²) in [6.45, 7) is 11.4. The predicted octanol–water partition coefficient (Wildman–Crippen LogP) is 19.1. The zero-order chi connectivity index (χ0) is 86.7. The van der Waals surface area contributed by atoms with E-state index in [1.807, 2.05) is 48.5 Å². The maximum absolute atomic E-state index is 11.2. The van der Waals surface area contributed by atoms with E-state index in [2.05, 4.69) is 233 Å². The number of hydrogen-bond donors (Lipinski definition) is 0. The minimum absolute atomic E-state index is 0.0642. The lowest BCUT2D eigenvalue weighted by Gasteiger charge is -2.21. The molecule has 1 aliphatic carbocycles. The number of rotatable bonds is 22. The summed E-state index contributed by atoms with van der Waals surface area (Å²) in [6, 6.07) is 84.3. The van der Waals surface area contributed by atoms with Gasteiger partial charge in [-0.1, -0.05) is 203 Å². The number of carbonyl (C=O) groups excluding carboxylic acids is 6. The summed E-state index contributed by atoms with van der Waals surface area (Å²) in [5.41, 5.74) is 19.4. The Morgan fingerprint density at radius 3 is 1.05 bits per heavy atom. The second-order valence-corrected chi connectivity index (χ2v) is 34.6. The molecule has 0 saturated carbocycles. The normalized spacial score (nSPS) is 12.2. The van der Waals surface area contributed by atoms with Gasteiger partial charge in [0.15, 0.2) is 0 Å². The van der Waals surface area contributed by atoms with Crippen LogP contribution in [0.1, 0.15) is 58.4 Å². The number of aromatic nitrogens is 9. The highest BCUT2D eigenvalue weighted by atomic mass is 28.3. The van der Waals surface area contributed by atoms with E-state index in [1.54, 1.807) is 91.4 Å². The highest BCUT2D eigenvalue weighted by Crippen LogP contribution is 2.49. The first kappa shape index (κ1) is 81.3. The van der Waals surface area contributed by atoms with Crippen molar-refractivity contribution >= 4 is 114 Å². The molecule has 126 heavy (non-hydrogen) atoms. The van der Waals surface area contributed by atoms with Gasteiger partial charge >= 0.3 is 0 Å². The van der Waals surface area contributed by atoms with E-state index in [-0.39, 0.29) is 22.7 Å². The Morgan fingerprint density at radius 2 is 0.587 bits per heavy atom. The number of pyridine rings is 9. The smallest absolute Gasteiger partial charge is 0.298 e. The van der Waals surface area contributed by atoms with Crippen LogP contribution in [-0.4, -0.2) is 91.8 Å². The molecule has 0 amide bonds. The highest BCUT2D eigenvalue weighted by Gasteiger charge is 2.38. The molecule has 1 aliphatic heterocycles. The second-order valence-electron chi connectivity index (χ2n) is 30.2. The summed E-state index contributed by atoms with van der Waals surface area (Å²) in [5.74, 6) is 8.35. The van der Waals surface area contributed by atoms with E-state index in [4.69, 9.17) is 43.4 Å². The highest BCUT2D eigenvalue weighted by molar-refractivity contribution is 7.03. The largest absolute Gasteiger partial charge is 0.429 e. The van der Waals surface area contributed by atoms with Crippen molar-refractivity contribution in [3.05, 3.63) is 343 Å². The van der Waals surface area contributed by atoms with Crippen molar-refractivity contribution in [2.75, 3.05) is 0 Å². The summed E-state index contributed by atoms with van der Waals surface area (Å²) < 4.78 is 30.2. The van der Waals surface area contributed by atoms with Crippen LogP contribution in [0.2, 0.25) is 13.1 Å². The van der Waals surface area contributed by atoms with Crippen molar-refractivity contribution in [3.8, 4) is 137 Å². The van der Waals surface area contributed by atoms with E-state index in [1.165, 1.54) is 89.3 Å². The fourth-order valence-electron chi connectivity index (χ4n) is 15.9. The minimum atomic E-state index is -1.75. The van der Waals surface area contributed by atoms with Gasteiger partial charge in [0, 0.05) is 108 Å². The molecule has 22 heteroatoms. The van der Waals surface area contributed by atoms with Gasteiger partial charge in [0.2, 0.25) is 0 Å². The monoisotopic (exact) mass is 1670 g/mol. The van der Waals surface area contributed by atoms with Crippen LogP contribution in [0.15, 0.2) is 298 Å². The maximum Gasteiger partial charge on any atom is 0.298 e. The van der Waals surface area contributed by atoms with Crippen LogP contribution in [0.5, 0.6) is 34.5 Å². The Hall–Kier alpha value is -17.0. The average molecular weight is 1670 g/mol. The van der Waals surface area contributed by atoms with Gasteiger partial charge in [0.25, 0.3) is 38.8 Å². The van der Waals surface area contributed by atoms with Gasteiger partial charge in [0.1, 0.15) is 42.6 Å². The number of hydrogen-bond acceptors (Lipinski definition) is 21. The molecule has 8 aromatic carbocycles. The average Bonchev–Trinajstić information content (AvgIpc) is 1.51. The molecule has 0 radical (unpaired) electrons. The molecule has 21 nitrogen and oxygen atoms in total. The van der Waals surface area contributed by atoms with E-state index in [0.29, 0.717) is 124 Å². The number of nitrogens with zero attached hydrogens (tertiary/aromatic N) is 9. The van der Waals surface area contributed by atoms with Gasteiger partial charge in [-0.05, 0) is 165 Å². The Balaban J connectivity index is 0.000000133. The van der Waals surface area contributed by atoms with Crippen LogP contribution in [-0.2, 0) is 34.2 Å². The fourth-order valence-corrected chi connectivity index (χ4v) is 19.0. The lowest BCUT2D eigenvalue weighted by atomic mass is 9.82. The summed E-state index contributed by atoms with van der Waals surface area (Å²) in [5, 5.41) is 10.1. The Kier molecular flexibility index (Phi) is 23.3. The summed E-state index contributed by atoms with van der Waals surface area (Å²) >= 11 is 0.